The molecule has 132 valence electrons. The summed E-state index contributed by atoms with van der Waals surface area (Å²) < 4.78 is 26.4. The van der Waals surface area contributed by atoms with Gasteiger partial charge in [-0.3, -0.25) is 15.1 Å². The number of sulfone groups is 1. The van der Waals surface area contributed by atoms with Crippen molar-refractivity contribution in [1.29, 1.82) is 5.26 Å². The summed E-state index contributed by atoms with van der Waals surface area (Å²) in [5.74, 6) is 0. The third kappa shape index (κ3) is 2.33. The van der Waals surface area contributed by atoms with E-state index in [1.165, 1.54) is 24.3 Å². The Labute approximate surface area is 154 Å². The average molecular weight is 377 g/mol. The zero-order chi connectivity index (χ0) is 19.3. The molecule has 0 saturated heterocycles. The van der Waals surface area contributed by atoms with Gasteiger partial charge in [-0.1, -0.05) is 30.3 Å². The predicted molar refractivity (Wildman–Crippen MR) is 96.7 cm³/mol. The van der Waals surface area contributed by atoms with Crippen molar-refractivity contribution in [1.82, 2.24) is 4.98 Å². The molecule has 3 aromatic rings. The SMILES string of the molecule is Cc1nc2c(c(-c3cccc([N+](=O)[O-])c3)c1C#N)S(=O)(=O)c1ccccc1-2. The summed E-state index contributed by atoms with van der Waals surface area (Å²) in [6.45, 7) is 1.62. The van der Waals surface area contributed by atoms with Crippen LogP contribution in [-0.4, -0.2) is 18.3 Å². The van der Waals surface area contributed by atoms with E-state index in [4.69, 9.17) is 0 Å². The van der Waals surface area contributed by atoms with Crippen molar-refractivity contribution >= 4 is 15.5 Å². The van der Waals surface area contributed by atoms with Crippen molar-refractivity contribution in [3.8, 4) is 28.5 Å². The van der Waals surface area contributed by atoms with E-state index in [1.54, 1.807) is 31.2 Å². The molecule has 0 aliphatic carbocycles. The Balaban J connectivity index is 2.17. The molecular weight excluding hydrogens is 366 g/mol. The summed E-state index contributed by atoms with van der Waals surface area (Å²) in [6.07, 6.45) is 0. The normalized spacial score (nSPS) is 13.5. The lowest BCUT2D eigenvalue weighted by Crippen LogP contribution is -2.04. The average Bonchev–Trinajstić information content (AvgIpc) is 2.88. The molecule has 0 saturated carbocycles. The molecule has 0 fully saturated rings. The Morgan fingerprint density at radius 2 is 1.89 bits per heavy atom. The molecule has 0 unspecified atom stereocenters. The summed E-state index contributed by atoms with van der Waals surface area (Å²) in [5, 5.41) is 20.8. The lowest BCUT2D eigenvalue weighted by molar-refractivity contribution is -0.384. The van der Waals surface area contributed by atoms with Crippen LogP contribution in [0.25, 0.3) is 22.4 Å². The van der Waals surface area contributed by atoms with Gasteiger partial charge in [0.1, 0.15) is 11.0 Å². The van der Waals surface area contributed by atoms with Gasteiger partial charge in [-0.2, -0.15) is 5.26 Å². The number of nitro benzene ring substituents is 1. The summed E-state index contributed by atoms with van der Waals surface area (Å²) in [6, 6.07) is 14.1. The third-order valence-corrected chi connectivity index (χ3v) is 6.36. The van der Waals surface area contributed by atoms with E-state index in [9.17, 15) is 23.8 Å². The van der Waals surface area contributed by atoms with E-state index in [0.29, 0.717) is 16.8 Å². The molecule has 0 amide bonds. The molecule has 1 aliphatic heterocycles. The summed E-state index contributed by atoms with van der Waals surface area (Å²) in [5.41, 5.74) is 1.44. The lowest BCUT2D eigenvalue weighted by Gasteiger charge is -2.12. The second kappa shape index (κ2) is 5.72. The van der Waals surface area contributed by atoms with Gasteiger partial charge in [-0.15, -0.1) is 0 Å². The minimum Gasteiger partial charge on any atom is -0.258 e. The number of nitriles is 1. The zero-order valence-electron chi connectivity index (χ0n) is 14.0. The van der Waals surface area contributed by atoms with Crippen molar-refractivity contribution in [2.45, 2.75) is 16.7 Å². The van der Waals surface area contributed by atoms with Gasteiger partial charge >= 0.3 is 0 Å². The maximum absolute atomic E-state index is 13.2. The Kier molecular flexibility index (Phi) is 3.58. The van der Waals surface area contributed by atoms with Crippen molar-refractivity contribution in [3.05, 3.63) is 69.9 Å². The fraction of sp³-hybridized carbons (Fsp3) is 0.0526. The molecule has 2 aromatic carbocycles. The van der Waals surface area contributed by atoms with Gasteiger partial charge in [0.2, 0.25) is 9.84 Å². The number of rotatable bonds is 2. The molecule has 0 N–H and O–H groups in total. The first-order valence-corrected chi connectivity index (χ1v) is 9.38. The van der Waals surface area contributed by atoms with Gasteiger partial charge in [0.05, 0.1) is 26.8 Å². The van der Waals surface area contributed by atoms with E-state index >= 15 is 0 Å². The molecule has 0 radical (unpaired) electrons. The highest BCUT2D eigenvalue weighted by Crippen LogP contribution is 2.48. The van der Waals surface area contributed by atoms with E-state index < -0.39 is 14.8 Å². The fourth-order valence-corrected chi connectivity index (χ4v) is 5.16. The largest absolute Gasteiger partial charge is 0.270 e. The highest BCUT2D eigenvalue weighted by atomic mass is 32.2. The first-order valence-electron chi connectivity index (χ1n) is 7.90. The van der Waals surface area contributed by atoms with Crippen LogP contribution in [0.4, 0.5) is 5.69 Å². The van der Waals surface area contributed by atoms with E-state index in [1.807, 2.05) is 6.07 Å². The smallest absolute Gasteiger partial charge is 0.258 e. The Hall–Kier alpha value is -3.57. The summed E-state index contributed by atoms with van der Waals surface area (Å²) in [7, 11) is -3.91. The quantitative estimate of drug-likeness (QED) is 0.389. The number of hydrogen-bond acceptors (Lipinski definition) is 6. The van der Waals surface area contributed by atoms with Gasteiger partial charge < -0.3 is 0 Å². The summed E-state index contributed by atoms with van der Waals surface area (Å²) in [4.78, 5) is 15.0. The standard InChI is InChI=1S/C19H11N3O4S/c1-11-15(10-20)17(12-5-4-6-13(9-12)22(23)24)19-18(21-11)14-7-2-3-8-16(14)27(19,25)26/h2-9H,1H3. The van der Waals surface area contributed by atoms with Crippen LogP contribution in [0.1, 0.15) is 11.3 Å². The number of benzene rings is 2. The molecule has 2 heterocycles. The van der Waals surface area contributed by atoms with Gasteiger partial charge in [0.25, 0.3) is 5.69 Å². The van der Waals surface area contributed by atoms with Crippen molar-refractivity contribution < 1.29 is 13.3 Å². The number of nitro groups is 1. The predicted octanol–water partition coefficient (Wildman–Crippen LogP) is 3.65. The van der Waals surface area contributed by atoms with Gasteiger partial charge in [0.15, 0.2) is 0 Å². The van der Waals surface area contributed by atoms with Crippen LogP contribution in [0, 0.1) is 28.4 Å². The zero-order valence-corrected chi connectivity index (χ0v) is 14.8. The number of aryl methyl sites for hydroxylation is 1. The molecule has 0 spiro atoms. The molecule has 0 bridgehead atoms. The minimum atomic E-state index is -3.91. The molecule has 27 heavy (non-hydrogen) atoms. The maximum atomic E-state index is 13.2. The summed E-state index contributed by atoms with van der Waals surface area (Å²) >= 11 is 0. The monoisotopic (exact) mass is 377 g/mol. The van der Waals surface area contributed by atoms with Crippen molar-refractivity contribution in [3.63, 3.8) is 0 Å². The molecular formula is C19H11N3O4S. The molecule has 1 aromatic heterocycles. The minimum absolute atomic E-state index is 0.0775. The van der Waals surface area contributed by atoms with Crippen molar-refractivity contribution in [2.75, 3.05) is 0 Å². The molecule has 4 rings (SSSR count). The fourth-order valence-electron chi connectivity index (χ4n) is 3.33. The Bertz CT molecular complexity index is 1290. The van der Waals surface area contributed by atoms with Gasteiger partial charge in [0, 0.05) is 23.3 Å². The van der Waals surface area contributed by atoms with Gasteiger partial charge in [-0.25, -0.2) is 8.42 Å². The number of nitrogens with zero attached hydrogens (tertiary/aromatic N) is 3. The Morgan fingerprint density at radius 3 is 2.59 bits per heavy atom. The number of fused-ring (bicyclic) bond motifs is 3. The van der Waals surface area contributed by atoms with Gasteiger partial charge in [-0.05, 0) is 18.6 Å². The van der Waals surface area contributed by atoms with E-state index in [0.717, 1.165) is 0 Å². The van der Waals surface area contributed by atoms with Crippen LogP contribution in [0.15, 0.2) is 58.3 Å². The molecule has 1 aliphatic rings. The second-order valence-electron chi connectivity index (χ2n) is 6.04. The lowest BCUT2D eigenvalue weighted by atomic mass is 9.96. The van der Waals surface area contributed by atoms with Crippen LogP contribution in [-0.2, 0) is 9.84 Å². The van der Waals surface area contributed by atoms with Crippen LogP contribution in [0.5, 0.6) is 0 Å². The molecule has 0 atom stereocenters. The first kappa shape index (κ1) is 16.9. The Morgan fingerprint density at radius 1 is 1.15 bits per heavy atom. The van der Waals surface area contributed by atoms with Crippen LogP contribution >= 0.6 is 0 Å². The maximum Gasteiger partial charge on any atom is 0.270 e. The number of hydrogen-bond donors (Lipinski definition) is 0. The number of pyridine rings is 1. The van der Waals surface area contributed by atoms with E-state index in [2.05, 4.69) is 4.98 Å². The van der Waals surface area contributed by atoms with E-state index in [-0.39, 0.29) is 32.3 Å². The van der Waals surface area contributed by atoms with Crippen LogP contribution in [0.3, 0.4) is 0 Å². The first-order chi connectivity index (χ1) is 12.9. The van der Waals surface area contributed by atoms with Crippen molar-refractivity contribution in [2.24, 2.45) is 0 Å². The molecule has 8 heteroatoms. The topological polar surface area (TPSA) is 114 Å². The number of non-ortho nitro benzene ring substituents is 1. The molecule has 7 nitrogen and oxygen atoms in total. The van der Waals surface area contributed by atoms with Crippen LogP contribution in [0.2, 0.25) is 0 Å². The van der Waals surface area contributed by atoms with Crippen LogP contribution < -0.4 is 0 Å². The second-order valence-corrected chi connectivity index (χ2v) is 7.90. The highest BCUT2D eigenvalue weighted by Gasteiger charge is 2.38. The highest BCUT2D eigenvalue weighted by molar-refractivity contribution is 7.92. The third-order valence-electron chi connectivity index (χ3n) is 4.49. The number of aromatic nitrogens is 1.